The second-order valence-electron chi connectivity index (χ2n) is 4.87. The number of nitrogens with one attached hydrogen (secondary N) is 1. The van der Waals surface area contributed by atoms with Gasteiger partial charge in [-0.15, -0.1) is 10.2 Å². The van der Waals surface area contributed by atoms with Crippen LogP contribution in [0.5, 0.6) is 0 Å². The Morgan fingerprint density at radius 1 is 1.38 bits per heavy atom. The average molecular weight is 243 g/mol. The van der Waals surface area contributed by atoms with Crippen LogP contribution in [0.4, 0.5) is 0 Å². The molecular weight excluding hydrogens is 222 g/mol. The normalized spacial score (nSPS) is 14.1. The van der Waals surface area contributed by atoms with E-state index in [1.807, 2.05) is 6.92 Å². The van der Waals surface area contributed by atoms with Crippen molar-refractivity contribution in [2.45, 2.75) is 45.9 Å². The molecule has 4 nitrogen and oxygen atoms in total. The van der Waals surface area contributed by atoms with Crippen LogP contribution < -0.4 is 5.32 Å². The Hall–Kier alpha value is -0.550. The number of aryl methyl sites for hydroxylation is 1. The molecule has 0 saturated carbocycles. The lowest BCUT2D eigenvalue weighted by Gasteiger charge is -2.30. The highest BCUT2D eigenvalue weighted by Gasteiger charge is 2.24. The van der Waals surface area contributed by atoms with Gasteiger partial charge in [-0.05, 0) is 12.0 Å². The van der Waals surface area contributed by atoms with Crippen molar-refractivity contribution >= 4 is 11.8 Å². The van der Waals surface area contributed by atoms with E-state index in [0.29, 0.717) is 17.2 Å². The van der Waals surface area contributed by atoms with Crippen LogP contribution in [-0.2, 0) is 0 Å². The van der Waals surface area contributed by atoms with E-state index in [-0.39, 0.29) is 5.41 Å². The SMILES string of the molecule is CCNC(CSc1nnc(C)o1)C(C)(C)C. The third kappa shape index (κ3) is 4.14. The first kappa shape index (κ1) is 13.5. The zero-order valence-electron chi connectivity index (χ0n) is 10.7. The fourth-order valence-corrected chi connectivity index (χ4v) is 2.56. The molecule has 1 unspecified atom stereocenters. The van der Waals surface area contributed by atoms with Gasteiger partial charge in [-0.3, -0.25) is 0 Å². The molecule has 0 radical (unpaired) electrons. The molecule has 0 saturated heterocycles. The third-order valence-electron chi connectivity index (χ3n) is 2.38. The predicted molar refractivity (Wildman–Crippen MR) is 66.7 cm³/mol. The van der Waals surface area contributed by atoms with Gasteiger partial charge in [0.2, 0.25) is 5.89 Å². The van der Waals surface area contributed by atoms with Crippen LogP contribution in [0.2, 0.25) is 0 Å². The number of rotatable bonds is 5. The smallest absolute Gasteiger partial charge is 0.276 e. The van der Waals surface area contributed by atoms with Crippen molar-refractivity contribution in [2.24, 2.45) is 5.41 Å². The van der Waals surface area contributed by atoms with Gasteiger partial charge >= 0.3 is 0 Å². The summed E-state index contributed by atoms with van der Waals surface area (Å²) >= 11 is 1.61. The Morgan fingerprint density at radius 3 is 2.50 bits per heavy atom. The lowest BCUT2D eigenvalue weighted by atomic mass is 9.88. The van der Waals surface area contributed by atoms with Crippen molar-refractivity contribution in [1.29, 1.82) is 0 Å². The molecule has 1 aromatic rings. The maximum Gasteiger partial charge on any atom is 0.276 e. The van der Waals surface area contributed by atoms with E-state index in [2.05, 4.69) is 43.2 Å². The van der Waals surface area contributed by atoms with Crippen molar-refractivity contribution < 1.29 is 4.42 Å². The van der Waals surface area contributed by atoms with E-state index in [0.717, 1.165) is 12.3 Å². The van der Waals surface area contributed by atoms with E-state index in [1.54, 1.807) is 11.8 Å². The number of thioether (sulfide) groups is 1. The van der Waals surface area contributed by atoms with Crippen LogP contribution in [0.3, 0.4) is 0 Å². The highest BCUT2D eigenvalue weighted by molar-refractivity contribution is 7.99. The van der Waals surface area contributed by atoms with E-state index in [9.17, 15) is 0 Å². The lowest BCUT2D eigenvalue weighted by molar-refractivity contribution is 0.294. The van der Waals surface area contributed by atoms with Crippen molar-refractivity contribution in [2.75, 3.05) is 12.3 Å². The minimum atomic E-state index is 0.234. The fourth-order valence-electron chi connectivity index (χ4n) is 1.35. The zero-order valence-corrected chi connectivity index (χ0v) is 11.5. The van der Waals surface area contributed by atoms with Gasteiger partial charge in [0, 0.05) is 18.7 Å². The first-order valence-electron chi connectivity index (χ1n) is 5.59. The molecule has 0 aliphatic heterocycles. The summed E-state index contributed by atoms with van der Waals surface area (Å²) in [7, 11) is 0. The summed E-state index contributed by atoms with van der Waals surface area (Å²) in [5, 5.41) is 11.9. The molecule has 1 aromatic heterocycles. The predicted octanol–water partition coefficient (Wildman–Crippen LogP) is 2.49. The Balaban J connectivity index is 2.50. The average Bonchev–Trinajstić information content (AvgIpc) is 2.57. The summed E-state index contributed by atoms with van der Waals surface area (Å²) in [5.74, 6) is 1.57. The maximum atomic E-state index is 5.34. The Labute approximate surface area is 102 Å². The maximum absolute atomic E-state index is 5.34. The molecule has 0 bridgehead atoms. The Bertz CT molecular complexity index is 319. The van der Waals surface area contributed by atoms with E-state index < -0.39 is 0 Å². The number of nitrogens with zero attached hydrogens (tertiary/aromatic N) is 2. The summed E-state index contributed by atoms with van der Waals surface area (Å²) in [5.41, 5.74) is 0.234. The molecule has 5 heteroatoms. The van der Waals surface area contributed by atoms with Crippen molar-refractivity contribution in [3.8, 4) is 0 Å². The Kier molecular flexibility index (Phi) is 4.80. The molecule has 0 spiro atoms. The van der Waals surface area contributed by atoms with E-state index >= 15 is 0 Å². The minimum Gasteiger partial charge on any atom is -0.416 e. The molecule has 0 aromatic carbocycles. The molecule has 0 fully saturated rings. The van der Waals surface area contributed by atoms with Gasteiger partial charge in [0.05, 0.1) is 0 Å². The molecular formula is C11H21N3OS. The van der Waals surface area contributed by atoms with Crippen molar-refractivity contribution in [3.63, 3.8) is 0 Å². The first-order valence-corrected chi connectivity index (χ1v) is 6.58. The number of hydrogen-bond acceptors (Lipinski definition) is 5. The van der Waals surface area contributed by atoms with Crippen molar-refractivity contribution in [1.82, 2.24) is 15.5 Å². The van der Waals surface area contributed by atoms with Crippen LogP contribution in [0, 0.1) is 12.3 Å². The first-order chi connectivity index (χ1) is 7.43. The van der Waals surface area contributed by atoms with Gasteiger partial charge in [0.25, 0.3) is 5.22 Å². The van der Waals surface area contributed by atoms with Crippen molar-refractivity contribution in [3.05, 3.63) is 5.89 Å². The number of hydrogen-bond donors (Lipinski definition) is 1. The van der Waals surface area contributed by atoms with Crippen LogP contribution >= 0.6 is 11.8 Å². The molecule has 0 aliphatic rings. The van der Waals surface area contributed by atoms with Gasteiger partial charge in [0.15, 0.2) is 0 Å². The fraction of sp³-hybridized carbons (Fsp3) is 0.818. The monoisotopic (exact) mass is 243 g/mol. The Morgan fingerprint density at radius 2 is 2.06 bits per heavy atom. The summed E-state index contributed by atoms with van der Waals surface area (Å²) in [6.45, 7) is 11.6. The molecule has 0 amide bonds. The summed E-state index contributed by atoms with van der Waals surface area (Å²) in [4.78, 5) is 0. The van der Waals surface area contributed by atoms with E-state index in [1.165, 1.54) is 0 Å². The molecule has 1 N–H and O–H groups in total. The topological polar surface area (TPSA) is 51.0 Å². The molecule has 1 atom stereocenters. The number of aromatic nitrogens is 2. The zero-order chi connectivity index (χ0) is 12.2. The molecule has 0 aliphatic carbocycles. The third-order valence-corrected chi connectivity index (χ3v) is 3.29. The quantitative estimate of drug-likeness (QED) is 0.805. The van der Waals surface area contributed by atoms with Crippen LogP contribution in [0.1, 0.15) is 33.6 Å². The summed E-state index contributed by atoms with van der Waals surface area (Å²) in [6.07, 6.45) is 0. The van der Waals surface area contributed by atoms with Gasteiger partial charge < -0.3 is 9.73 Å². The van der Waals surface area contributed by atoms with Crippen LogP contribution in [-0.4, -0.2) is 28.5 Å². The van der Waals surface area contributed by atoms with E-state index in [4.69, 9.17) is 4.42 Å². The molecule has 1 heterocycles. The highest BCUT2D eigenvalue weighted by Crippen LogP contribution is 2.25. The van der Waals surface area contributed by atoms with Gasteiger partial charge in [-0.25, -0.2) is 0 Å². The largest absolute Gasteiger partial charge is 0.416 e. The van der Waals surface area contributed by atoms with Gasteiger partial charge in [0.1, 0.15) is 0 Å². The molecule has 16 heavy (non-hydrogen) atoms. The minimum absolute atomic E-state index is 0.234. The highest BCUT2D eigenvalue weighted by atomic mass is 32.2. The van der Waals surface area contributed by atoms with Gasteiger partial charge in [-0.2, -0.15) is 0 Å². The molecule has 92 valence electrons. The summed E-state index contributed by atoms with van der Waals surface area (Å²) < 4.78 is 5.34. The second kappa shape index (κ2) is 5.68. The standard InChI is InChI=1S/C11H21N3OS/c1-6-12-9(11(3,4)5)7-16-10-14-13-8(2)15-10/h9,12H,6-7H2,1-5H3. The van der Waals surface area contributed by atoms with Crippen LogP contribution in [0.25, 0.3) is 0 Å². The lowest BCUT2D eigenvalue weighted by Crippen LogP contribution is -2.42. The molecule has 1 rings (SSSR count). The van der Waals surface area contributed by atoms with Crippen LogP contribution in [0.15, 0.2) is 9.64 Å². The summed E-state index contributed by atoms with van der Waals surface area (Å²) in [6, 6.07) is 0.440. The second-order valence-corrected chi connectivity index (χ2v) is 5.85. The van der Waals surface area contributed by atoms with Gasteiger partial charge in [-0.1, -0.05) is 39.5 Å².